The highest BCUT2D eigenvalue weighted by molar-refractivity contribution is 5.49. The van der Waals surface area contributed by atoms with Crippen molar-refractivity contribution in [2.24, 2.45) is 0 Å². The van der Waals surface area contributed by atoms with Crippen molar-refractivity contribution in [2.45, 2.75) is 13.8 Å². The van der Waals surface area contributed by atoms with Crippen molar-refractivity contribution >= 4 is 12.2 Å². The maximum Gasteiger partial charge on any atom is 0.209 e. The first-order valence-corrected chi connectivity index (χ1v) is 5.45. The molecule has 1 aliphatic rings. The lowest BCUT2D eigenvalue weighted by Crippen LogP contribution is -2.46. The van der Waals surface area contributed by atoms with Gasteiger partial charge in [-0.3, -0.25) is 9.78 Å². The van der Waals surface area contributed by atoms with Gasteiger partial charge in [0.05, 0.1) is 17.6 Å². The molecule has 1 saturated heterocycles. The van der Waals surface area contributed by atoms with Crippen LogP contribution in [0.25, 0.3) is 0 Å². The summed E-state index contributed by atoms with van der Waals surface area (Å²) in [5.41, 5.74) is 1.90. The first-order valence-electron chi connectivity index (χ1n) is 5.45. The lowest BCUT2D eigenvalue weighted by atomic mass is 10.3. The van der Waals surface area contributed by atoms with Crippen LogP contribution in [-0.2, 0) is 4.79 Å². The molecule has 0 saturated carbocycles. The van der Waals surface area contributed by atoms with Crippen LogP contribution in [0.15, 0.2) is 6.20 Å². The van der Waals surface area contributed by atoms with Crippen molar-refractivity contribution in [3.05, 3.63) is 17.6 Å². The van der Waals surface area contributed by atoms with Gasteiger partial charge in [0.1, 0.15) is 5.82 Å². The molecule has 5 heteroatoms. The third-order valence-corrected chi connectivity index (χ3v) is 2.80. The number of amides is 1. The van der Waals surface area contributed by atoms with Crippen molar-refractivity contribution in [3.8, 4) is 0 Å². The number of anilines is 1. The largest absolute Gasteiger partial charge is 0.352 e. The van der Waals surface area contributed by atoms with E-state index in [4.69, 9.17) is 0 Å². The lowest BCUT2D eigenvalue weighted by molar-refractivity contribution is -0.118. The van der Waals surface area contributed by atoms with Gasteiger partial charge in [-0.2, -0.15) is 0 Å². The summed E-state index contributed by atoms with van der Waals surface area (Å²) in [4.78, 5) is 23.4. The first kappa shape index (κ1) is 10.9. The highest BCUT2D eigenvalue weighted by Crippen LogP contribution is 2.16. The van der Waals surface area contributed by atoms with E-state index in [2.05, 4.69) is 14.9 Å². The summed E-state index contributed by atoms with van der Waals surface area (Å²) in [5, 5.41) is 0. The van der Waals surface area contributed by atoms with Gasteiger partial charge in [-0.05, 0) is 13.8 Å². The molecule has 0 radical (unpaired) electrons. The summed E-state index contributed by atoms with van der Waals surface area (Å²) in [6.07, 6.45) is 2.69. The van der Waals surface area contributed by atoms with E-state index in [0.717, 1.165) is 49.8 Å². The molecule has 2 rings (SSSR count). The van der Waals surface area contributed by atoms with E-state index in [9.17, 15) is 4.79 Å². The van der Waals surface area contributed by atoms with Gasteiger partial charge in [0.15, 0.2) is 0 Å². The average Bonchev–Trinajstić information content (AvgIpc) is 2.29. The molecule has 16 heavy (non-hydrogen) atoms. The van der Waals surface area contributed by atoms with Gasteiger partial charge in [-0.1, -0.05) is 0 Å². The second-order valence-electron chi connectivity index (χ2n) is 4.05. The Bertz CT molecular complexity index is 386. The smallest absolute Gasteiger partial charge is 0.209 e. The maximum absolute atomic E-state index is 10.6. The molecule has 1 aromatic heterocycles. The minimum absolute atomic E-state index is 0.762. The number of hydrogen-bond acceptors (Lipinski definition) is 4. The fourth-order valence-corrected chi connectivity index (χ4v) is 1.94. The van der Waals surface area contributed by atoms with Gasteiger partial charge >= 0.3 is 0 Å². The van der Waals surface area contributed by atoms with E-state index in [1.807, 2.05) is 13.8 Å². The first-order chi connectivity index (χ1) is 7.70. The van der Waals surface area contributed by atoms with Gasteiger partial charge in [0.2, 0.25) is 6.41 Å². The Hall–Kier alpha value is -1.65. The highest BCUT2D eigenvalue weighted by atomic mass is 16.1. The summed E-state index contributed by atoms with van der Waals surface area (Å²) in [6, 6.07) is 0. The number of rotatable bonds is 2. The molecule has 0 unspecified atom stereocenters. The minimum Gasteiger partial charge on any atom is -0.352 e. The van der Waals surface area contributed by atoms with Gasteiger partial charge < -0.3 is 9.80 Å². The molecular formula is C11H16N4O. The SMILES string of the molecule is Cc1cnc(N2CCN(C=O)CC2)c(C)n1. The molecule has 5 nitrogen and oxygen atoms in total. The molecule has 1 aliphatic heterocycles. The molecule has 1 fully saturated rings. The van der Waals surface area contributed by atoms with Gasteiger partial charge in [0.25, 0.3) is 0 Å². The topological polar surface area (TPSA) is 49.3 Å². The maximum atomic E-state index is 10.6. The van der Waals surface area contributed by atoms with E-state index in [1.165, 1.54) is 0 Å². The molecule has 0 spiro atoms. The van der Waals surface area contributed by atoms with Crippen LogP contribution in [0.1, 0.15) is 11.4 Å². The van der Waals surface area contributed by atoms with Crippen LogP contribution in [-0.4, -0.2) is 47.5 Å². The number of aromatic nitrogens is 2. The van der Waals surface area contributed by atoms with E-state index in [-0.39, 0.29) is 0 Å². The third-order valence-electron chi connectivity index (χ3n) is 2.80. The zero-order valence-corrected chi connectivity index (χ0v) is 9.68. The fourth-order valence-electron chi connectivity index (χ4n) is 1.94. The molecule has 0 N–H and O–H groups in total. The van der Waals surface area contributed by atoms with E-state index < -0.39 is 0 Å². The third kappa shape index (κ3) is 2.13. The molecule has 1 aromatic rings. The van der Waals surface area contributed by atoms with Crippen molar-refractivity contribution in [1.82, 2.24) is 14.9 Å². The quantitative estimate of drug-likeness (QED) is 0.676. The van der Waals surface area contributed by atoms with Gasteiger partial charge in [-0.25, -0.2) is 4.98 Å². The molecule has 0 aliphatic carbocycles. The van der Waals surface area contributed by atoms with Crippen LogP contribution >= 0.6 is 0 Å². The second kappa shape index (κ2) is 4.47. The molecule has 0 atom stereocenters. The van der Waals surface area contributed by atoms with Crippen molar-refractivity contribution in [2.75, 3.05) is 31.1 Å². The van der Waals surface area contributed by atoms with Crippen LogP contribution in [0.5, 0.6) is 0 Å². The second-order valence-corrected chi connectivity index (χ2v) is 4.05. The van der Waals surface area contributed by atoms with Crippen molar-refractivity contribution in [1.29, 1.82) is 0 Å². The zero-order chi connectivity index (χ0) is 11.5. The number of hydrogen-bond donors (Lipinski definition) is 0. The van der Waals surface area contributed by atoms with E-state index >= 15 is 0 Å². The fraction of sp³-hybridized carbons (Fsp3) is 0.545. The summed E-state index contributed by atoms with van der Waals surface area (Å²) in [6.45, 7) is 7.10. The minimum atomic E-state index is 0.762. The predicted octanol–water partition coefficient (Wildman–Crippen LogP) is 0.372. The molecule has 0 bridgehead atoms. The highest BCUT2D eigenvalue weighted by Gasteiger charge is 2.18. The van der Waals surface area contributed by atoms with Gasteiger partial charge in [0, 0.05) is 26.2 Å². The summed E-state index contributed by atoms with van der Waals surface area (Å²) >= 11 is 0. The summed E-state index contributed by atoms with van der Waals surface area (Å²) in [5.74, 6) is 0.941. The van der Waals surface area contributed by atoms with Crippen LogP contribution in [0, 0.1) is 13.8 Å². The number of carbonyl (C=O) groups is 1. The van der Waals surface area contributed by atoms with Crippen molar-refractivity contribution in [3.63, 3.8) is 0 Å². The monoisotopic (exact) mass is 220 g/mol. The Morgan fingerprint density at radius 1 is 1.25 bits per heavy atom. The Kier molecular flexibility index (Phi) is 3.03. The van der Waals surface area contributed by atoms with Crippen LogP contribution in [0.3, 0.4) is 0 Å². The van der Waals surface area contributed by atoms with Crippen molar-refractivity contribution < 1.29 is 4.79 Å². The van der Waals surface area contributed by atoms with Crippen LogP contribution in [0.2, 0.25) is 0 Å². The Morgan fingerprint density at radius 3 is 2.50 bits per heavy atom. The van der Waals surface area contributed by atoms with Gasteiger partial charge in [-0.15, -0.1) is 0 Å². The van der Waals surface area contributed by atoms with Crippen LogP contribution < -0.4 is 4.90 Å². The Balaban J connectivity index is 2.11. The zero-order valence-electron chi connectivity index (χ0n) is 9.68. The van der Waals surface area contributed by atoms with E-state index in [0.29, 0.717) is 0 Å². The standard InChI is InChI=1S/C11H16N4O/c1-9-7-12-11(10(2)13-9)15-5-3-14(8-16)4-6-15/h7-8H,3-6H2,1-2H3. The molecule has 2 heterocycles. The number of carbonyl (C=O) groups excluding carboxylic acids is 1. The molecule has 1 amide bonds. The van der Waals surface area contributed by atoms with E-state index in [1.54, 1.807) is 11.1 Å². The summed E-state index contributed by atoms with van der Waals surface area (Å²) in [7, 11) is 0. The number of nitrogens with zero attached hydrogens (tertiary/aromatic N) is 4. The Morgan fingerprint density at radius 2 is 1.94 bits per heavy atom. The summed E-state index contributed by atoms with van der Waals surface area (Å²) < 4.78 is 0. The number of aryl methyl sites for hydroxylation is 2. The van der Waals surface area contributed by atoms with Crippen LogP contribution in [0.4, 0.5) is 5.82 Å². The average molecular weight is 220 g/mol. The molecule has 86 valence electrons. The Labute approximate surface area is 95.1 Å². The molecule has 0 aromatic carbocycles. The number of piperazine rings is 1. The predicted molar refractivity (Wildman–Crippen MR) is 61.4 cm³/mol. The molecular weight excluding hydrogens is 204 g/mol. The normalized spacial score (nSPS) is 16.4. The lowest BCUT2D eigenvalue weighted by Gasteiger charge is -2.33.